The molecule has 0 saturated carbocycles. The normalized spacial score (nSPS) is 29.0. The summed E-state index contributed by atoms with van der Waals surface area (Å²) in [6, 6.07) is 0. The lowest BCUT2D eigenvalue weighted by Crippen LogP contribution is -2.69. The Bertz CT molecular complexity index is 965. The van der Waals surface area contributed by atoms with Crippen molar-refractivity contribution in [1.82, 2.24) is 0 Å². The maximum atomic E-state index is 12.3. The molecule has 0 N–H and O–H groups in total. The fraction of sp³-hybridized carbons (Fsp3) is 0.906. The number of ether oxygens (including phenoxy) is 3. The fourth-order valence-corrected chi connectivity index (χ4v) is 9.03. The number of carbonyl (C=O) groups excluding carboxylic acids is 1. The van der Waals surface area contributed by atoms with Crippen LogP contribution in [0.25, 0.3) is 0 Å². The maximum Gasteiger partial charge on any atom is 0.308 e. The first-order chi connectivity index (χ1) is 19.3. The van der Waals surface area contributed by atoms with E-state index in [2.05, 4.69) is 130 Å². The summed E-state index contributed by atoms with van der Waals surface area (Å²) in [6.07, 6.45) is 1.61. The minimum atomic E-state index is -2.31. The molecule has 0 aromatic carbocycles. The van der Waals surface area contributed by atoms with Gasteiger partial charge in [-0.3, -0.25) is 4.79 Å². The Morgan fingerprint density at radius 2 is 1.30 bits per heavy atom. The number of halogens is 1. The summed E-state index contributed by atoms with van der Waals surface area (Å²) in [5.41, 5.74) is 0. The predicted molar refractivity (Wildman–Crippen MR) is 193 cm³/mol. The molecule has 0 aliphatic carbocycles. The van der Waals surface area contributed by atoms with E-state index in [4.69, 9.17) is 27.5 Å². The van der Waals surface area contributed by atoms with Crippen LogP contribution in [0.3, 0.4) is 0 Å². The number of hydrogen-bond donors (Lipinski definition) is 0. The van der Waals surface area contributed by atoms with Crippen molar-refractivity contribution in [2.45, 2.75) is 179 Å². The van der Waals surface area contributed by atoms with Crippen molar-refractivity contribution in [2.75, 3.05) is 7.11 Å². The minimum Gasteiger partial charge on any atom is -0.469 e. The van der Waals surface area contributed by atoms with Gasteiger partial charge in [0.2, 0.25) is 0 Å². The second-order valence-electron chi connectivity index (χ2n) is 17.1. The first-order valence-electron chi connectivity index (χ1n) is 16.0. The summed E-state index contributed by atoms with van der Waals surface area (Å²) >= 11 is 2.29. The zero-order chi connectivity index (χ0) is 33.4. The molecule has 11 heteroatoms. The lowest BCUT2D eigenvalue weighted by Gasteiger charge is -2.56. The van der Waals surface area contributed by atoms with Crippen LogP contribution in [0.1, 0.15) is 81.6 Å². The van der Waals surface area contributed by atoms with Crippen molar-refractivity contribution >= 4 is 53.5 Å². The van der Waals surface area contributed by atoms with Gasteiger partial charge in [-0.2, -0.15) is 0 Å². The first-order valence-corrected chi connectivity index (χ1v) is 25.9. The van der Waals surface area contributed by atoms with Gasteiger partial charge in [0.1, 0.15) is 24.4 Å². The van der Waals surface area contributed by atoms with Crippen LogP contribution in [-0.4, -0.2) is 80.8 Å². The van der Waals surface area contributed by atoms with Crippen molar-refractivity contribution in [3.63, 3.8) is 0 Å². The summed E-state index contributed by atoms with van der Waals surface area (Å²) in [7, 11) is -5.36. The Hall–Kier alpha value is 0.391. The van der Waals surface area contributed by atoms with Gasteiger partial charge in [-0.15, -0.1) is 0 Å². The van der Waals surface area contributed by atoms with Crippen LogP contribution in [-0.2, 0) is 32.3 Å². The molecule has 2 heterocycles. The molecular formula is C32H63IO7Si3. The summed E-state index contributed by atoms with van der Waals surface area (Å²) < 4.78 is 42.8. The molecule has 0 aromatic rings. The molecule has 7 nitrogen and oxygen atoms in total. The van der Waals surface area contributed by atoms with Gasteiger partial charge >= 0.3 is 5.97 Å². The average molecular weight is 771 g/mol. The molecule has 0 amide bonds. The Morgan fingerprint density at radius 1 is 0.814 bits per heavy atom. The van der Waals surface area contributed by atoms with Crippen LogP contribution in [0.5, 0.6) is 0 Å². The van der Waals surface area contributed by atoms with Crippen molar-refractivity contribution in [3.05, 3.63) is 10.2 Å². The van der Waals surface area contributed by atoms with Crippen molar-refractivity contribution in [3.8, 4) is 0 Å². The third-order valence-electron chi connectivity index (χ3n) is 10.7. The van der Waals surface area contributed by atoms with E-state index in [1.165, 1.54) is 7.11 Å². The zero-order valence-electron chi connectivity index (χ0n) is 30.1. The molecular weight excluding hydrogens is 708 g/mol. The molecule has 2 unspecified atom stereocenters. The van der Waals surface area contributed by atoms with Crippen molar-refractivity contribution in [1.29, 1.82) is 0 Å². The van der Waals surface area contributed by atoms with Gasteiger partial charge in [0, 0.05) is 0 Å². The van der Waals surface area contributed by atoms with Crippen LogP contribution in [0.4, 0.5) is 0 Å². The Labute approximate surface area is 280 Å². The molecule has 0 aromatic heterocycles. The molecule has 2 fully saturated rings. The molecule has 2 rings (SSSR count). The summed E-state index contributed by atoms with van der Waals surface area (Å²) in [6.45, 7) is 34.1. The van der Waals surface area contributed by atoms with E-state index in [9.17, 15) is 4.79 Å². The van der Waals surface area contributed by atoms with E-state index in [0.717, 1.165) is 12.8 Å². The molecule has 0 spiro atoms. The van der Waals surface area contributed by atoms with Gasteiger partial charge in [0.25, 0.3) is 0 Å². The molecule has 7 atom stereocenters. The molecule has 0 bridgehead atoms. The van der Waals surface area contributed by atoms with Gasteiger partial charge in [-0.1, -0.05) is 84.9 Å². The summed E-state index contributed by atoms with van der Waals surface area (Å²) in [4.78, 5) is 12.3. The van der Waals surface area contributed by atoms with E-state index in [1.54, 1.807) is 0 Å². The SMILES string of the molecule is COC(=O)CC1CC[C@@H]2OC([C@H](C=CI)O[Si](C)(C)C(C)(C)C)[C@@H](O[Si](C)(C)C(C)(C)C)[C@@H](O[Si](C)(C)C(C)(C)C)[C@H]2O1. The maximum absolute atomic E-state index is 12.3. The number of hydrogen-bond acceptors (Lipinski definition) is 7. The second-order valence-corrected chi connectivity index (χ2v) is 32.1. The lowest BCUT2D eigenvalue weighted by atomic mass is 9.87. The van der Waals surface area contributed by atoms with Gasteiger partial charge in [0.15, 0.2) is 25.0 Å². The summed E-state index contributed by atoms with van der Waals surface area (Å²) in [5, 5.41) is -0.00778. The molecule has 43 heavy (non-hydrogen) atoms. The first kappa shape index (κ1) is 39.6. The molecule has 252 valence electrons. The highest BCUT2D eigenvalue weighted by Crippen LogP contribution is 2.47. The smallest absolute Gasteiger partial charge is 0.308 e. The molecule has 0 radical (unpaired) electrons. The third kappa shape index (κ3) is 9.71. The number of methoxy groups -OCH3 is 1. The van der Waals surface area contributed by atoms with E-state index >= 15 is 0 Å². The lowest BCUT2D eigenvalue weighted by molar-refractivity contribution is -0.266. The Kier molecular flexibility index (Phi) is 13.1. The van der Waals surface area contributed by atoms with Crippen LogP contribution >= 0.6 is 22.6 Å². The number of fused-ring (bicyclic) bond motifs is 1. The zero-order valence-corrected chi connectivity index (χ0v) is 35.2. The monoisotopic (exact) mass is 770 g/mol. The highest BCUT2D eigenvalue weighted by atomic mass is 127. The number of carbonyl (C=O) groups is 1. The van der Waals surface area contributed by atoms with Crippen LogP contribution in [0, 0.1) is 0 Å². The van der Waals surface area contributed by atoms with Crippen LogP contribution in [0.2, 0.25) is 54.4 Å². The van der Waals surface area contributed by atoms with Gasteiger partial charge < -0.3 is 27.5 Å². The van der Waals surface area contributed by atoms with Gasteiger partial charge in [0.05, 0.1) is 31.8 Å². The van der Waals surface area contributed by atoms with E-state index < -0.39 is 31.1 Å². The van der Waals surface area contributed by atoms with E-state index in [-0.39, 0.29) is 64.1 Å². The van der Waals surface area contributed by atoms with Crippen molar-refractivity contribution in [2.24, 2.45) is 0 Å². The van der Waals surface area contributed by atoms with Crippen LogP contribution < -0.4 is 0 Å². The standard InChI is InChI=1S/C32H63IO7Si3/c1-30(2,3)41(11,12)38-24(19-20-33)27-29(40-43(15,16)32(7,8)9)28(39-42(13,14)31(4,5)6)26-23(37-27)18-17-22(36-26)21-25(34)35-10/h19-20,22-24,26-29H,17-18,21H2,1-16H3/t22?,23-,24-,26-,27?,28-,29+/m0/s1. The molecule has 2 aliphatic rings. The third-order valence-corrected chi connectivity index (χ3v) is 24.5. The number of rotatable bonds is 10. The van der Waals surface area contributed by atoms with Gasteiger partial charge in [-0.25, -0.2) is 0 Å². The van der Waals surface area contributed by atoms with E-state index in [1.807, 2.05) is 4.08 Å². The highest BCUT2D eigenvalue weighted by Gasteiger charge is 2.57. The topological polar surface area (TPSA) is 72.5 Å². The quantitative estimate of drug-likeness (QED) is 0.125. The number of esters is 1. The highest BCUT2D eigenvalue weighted by molar-refractivity contribution is 14.1. The van der Waals surface area contributed by atoms with Crippen molar-refractivity contribution < 1.29 is 32.3 Å². The Morgan fingerprint density at radius 3 is 1.74 bits per heavy atom. The average Bonchev–Trinajstić information content (AvgIpc) is 2.82. The van der Waals surface area contributed by atoms with E-state index in [0.29, 0.717) is 0 Å². The summed E-state index contributed by atoms with van der Waals surface area (Å²) in [5.74, 6) is -0.260. The fourth-order valence-electron chi connectivity index (χ4n) is 4.77. The second kappa shape index (κ2) is 14.2. The van der Waals surface area contributed by atoms with Gasteiger partial charge in [-0.05, 0) is 77.4 Å². The predicted octanol–water partition coefficient (Wildman–Crippen LogP) is 8.98. The largest absolute Gasteiger partial charge is 0.469 e. The van der Waals surface area contributed by atoms with Crippen LogP contribution in [0.15, 0.2) is 10.2 Å². The Balaban J connectivity index is 2.73. The minimum absolute atomic E-state index is 0.0168. The molecule has 2 saturated heterocycles. The molecule has 2 aliphatic heterocycles.